The molecule has 1 amide bonds. The average Bonchev–Trinajstić information content (AvgIpc) is 3.29. The van der Waals surface area contributed by atoms with Gasteiger partial charge in [-0.15, -0.1) is 10.2 Å². The van der Waals surface area contributed by atoms with Crippen molar-refractivity contribution in [1.29, 1.82) is 0 Å². The molecule has 2 heterocycles. The number of methoxy groups -OCH3 is 1. The van der Waals surface area contributed by atoms with Gasteiger partial charge in [-0.05, 0) is 43.7 Å². The summed E-state index contributed by atoms with van der Waals surface area (Å²) in [7, 11) is 1.54. The van der Waals surface area contributed by atoms with Crippen molar-refractivity contribution in [2.24, 2.45) is 0 Å². The number of aliphatic hydroxyl groups is 1. The molecule has 30 heavy (non-hydrogen) atoms. The molecule has 1 saturated heterocycles. The Bertz CT molecular complexity index is 1150. The van der Waals surface area contributed by atoms with Gasteiger partial charge in [-0.3, -0.25) is 14.5 Å². The molecule has 8 heteroatoms. The van der Waals surface area contributed by atoms with Crippen molar-refractivity contribution in [3.8, 4) is 5.75 Å². The number of rotatable bonds is 4. The van der Waals surface area contributed by atoms with E-state index in [9.17, 15) is 14.7 Å². The van der Waals surface area contributed by atoms with E-state index in [-0.39, 0.29) is 11.3 Å². The van der Waals surface area contributed by atoms with Crippen molar-refractivity contribution in [3.63, 3.8) is 0 Å². The molecule has 0 aliphatic carbocycles. The number of aromatic nitrogens is 2. The van der Waals surface area contributed by atoms with Crippen LogP contribution in [0.5, 0.6) is 5.75 Å². The maximum Gasteiger partial charge on any atom is 0.301 e. The number of ether oxygens (including phenoxy) is 1. The molecule has 0 saturated carbocycles. The van der Waals surface area contributed by atoms with Gasteiger partial charge in [-0.25, -0.2) is 0 Å². The molecular weight excluding hydrogens is 402 g/mol. The molecule has 1 aliphatic heterocycles. The van der Waals surface area contributed by atoms with Gasteiger partial charge in [-0.1, -0.05) is 41.2 Å². The van der Waals surface area contributed by atoms with Crippen molar-refractivity contribution >= 4 is 33.9 Å². The summed E-state index contributed by atoms with van der Waals surface area (Å²) in [6.45, 7) is 3.72. The molecule has 1 aromatic heterocycles. The molecule has 1 aliphatic rings. The summed E-state index contributed by atoms with van der Waals surface area (Å²) >= 11 is 1.22. The second-order valence-electron chi connectivity index (χ2n) is 6.91. The summed E-state index contributed by atoms with van der Waals surface area (Å²) in [5.41, 5.74) is 2.17. The molecule has 7 nitrogen and oxygen atoms in total. The highest BCUT2D eigenvalue weighted by atomic mass is 32.1. The third-order valence-corrected chi connectivity index (χ3v) is 5.76. The van der Waals surface area contributed by atoms with Crippen molar-refractivity contribution in [2.45, 2.75) is 19.9 Å². The van der Waals surface area contributed by atoms with Gasteiger partial charge in [-0.2, -0.15) is 0 Å². The number of carbonyl (C=O) groups is 2. The number of hydrogen-bond donors (Lipinski definition) is 1. The number of Topliss-reactive ketones (excluding diaryl/α,β-unsaturated/α-hetero) is 1. The van der Waals surface area contributed by atoms with E-state index in [1.54, 1.807) is 38.3 Å². The average molecular weight is 421 g/mol. The highest BCUT2D eigenvalue weighted by molar-refractivity contribution is 7.15. The second kappa shape index (κ2) is 7.72. The lowest BCUT2D eigenvalue weighted by atomic mass is 9.95. The quantitative estimate of drug-likeness (QED) is 0.391. The molecule has 152 valence electrons. The number of nitrogens with zero attached hydrogens (tertiary/aromatic N) is 3. The lowest BCUT2D eigenvalue weighted by Crippen LogP contribution is -2.29. The SMILES string of the molecule is COc1ccc(C(O)=C2C(=O)C(=O)N(c3nnc(C)s3)[C@@H]2c2ccc(C)cc2)cc1. The van der Waals surface area contributed by atoms with Crippen LogP contribution in [0.4, 0.5) is 5.13 Å². The molecule has 1 N–H and O–H groups in total. The zero-order valence-electron chi connectivity index (χ0n) is 16.6. The zero-order chi connectivity index (χ0) is 21.4. The summed E-state index contributed by atoms with van der Waals surface area (Å²) in [6, 6.07) is 13.3. The molecule has 2 aromatic carbocycles. The van der Waals surface area contributed by atoms with Crippen molar-refractivity contribution < 1.29 is 19.4 Å². The highest BCUT2D eigenvalue weighted by Crippen LogP contribution is 2.43. The number of hydrogen-bond acceptors (Lipinski definition) is 7. The number of benzene rings is 2. The van der Waals surface area contributed by atoms with Gasteiger partial charge in [0.1, 0.15) is 16.5 Å². The fourth-order valence-electron chi connectivity index (χ4n) is 3.38. The van der Waals surface area contributed by atoms with Gasteiger partial charge in [0, 0.05) is 5.56 Å². The van der Waals surface area contributed by atoms with Gasteiger partial charge in [0.15, 0.2) is 0 Å². The Labute approximate surface area is 177 Å². The van der Waals surface area contributed by atoms with E-state index in [0.29, 0.717) is 27.0 Å². The minimum Gasteiger partial charge on any atom is -0.507 e. The fourth-order valence-corrected chi connectivity index (χ4v) is 4.10. The van der Waals surface area contributed by atoms with E-state index in [0.717, 1.165) is 5.56 Å². The minimum atomic E-state index is -0.806. The molecule has 0 bridgehead atoms. The van der Waals surface area contributed by atoms with Crippen LogP contribution in [-0.2, 0) is 9.59 Å². The van der Waals surface area contributed by atoms with E-state index < -0.39 is 17.7 Å². The Morgan fingerprint density at radius 3 is 2.27 bits per heavy atom. The Morgan fingerprint density at radius 2 is 1.70 bits per heavy atom. The molecule has 1 atom stereocenters. The molecule has 0 spiro atoms. The Balaban J connectivity index is 1.91. The Kier molecular flexibility index (Phi) is 5.09. The van der Waals surface area contributed by atoms with Crippen LogP contribution < -0.4 is 9.64 Å². The van der Waals surface area contributed by atoms with Crippen LogP contribution in [-0.4, -0.2) is 34.1 Å². The second-order valence-corrected chi connectivity index (χ2v) is 8.07. The normalized spacial score (nSPS) is 18.1. The summed E-state index contributed by atoms with van der Waals surface area (Å²) in [4.78, 5) is 27.3. The molecule has 4 rings (SSSR count). The molecule has 0 unspecified atom stereocenters. The maximum atomic E-state index is 13.0. The predicted octanol–water partition coefficient (Wildman–Crippen LogP) is 3.79. The van der Waals surface area contributed by atoms with Gasteiger partial charge < -0.3 is 9.84 Å². The summed E-state index contributed by atoms with van der Waals surface area (Å²) in [5.74, 6) is -1.13. The first kappa shape index (κ1) is 19.8. The van der Waals surface area contributed by atoms with Crippen LogP contribution in [0, 0.1) is 13.8 Å². The Hall–Kier alpha value is -3.52. The van der Waals surface area contributed by atoms with Gasteiger partial charge in [0.25, 0.3) is 5.78 Å². The van der Waals surface area contributed by atoms with E-state index in [2.05, 4.69) is 10.2 Å². The van der Waals surface area contributed by atoms with E-state index in [1.165, 1.54) is 16.2 Å². The molecule has 1 fully saturated rings. The number of carbonyl (C=O) groups excluding carboxylic acids is 2. The van der Waals surface area contributed by atoms with E-state index in [4.69, 9.17) is 4.74 Å². The van der Waals surface area contributed by atoms with E-state index >= 15 is 0 Å². The van der Waals surface area contributed by atoms with Crippen LogP contribution in [0.25, 0.3) is 5.76 Å². The van der Waals surface area contributed by atoms with Crippen molar-refractivity contribution in [3.05, 3.63) is 75.8 Å². The van der Waals surface area contributed by atoms with Crippen LogP contribution in [0.15, 0.2) is 54.1 Å². The monoisotopic (exact) mass is 421 g/mol. The van der Waals surface area contributed by atoms with Crippen LogP contribution >= 0.6 is 11.3 Å². The zero-order valence-corrected chi connectivity index (χ0v) is 17.4. The van der Waals surface area contributed by atoms with Gasteiger partial charge >= 0.3 is 5.91 Å². The van der Waals surface area contributed by atoms with E-state index in [1.807, 2.05) is 31.2 Å². The first-order valence-corrected chi connectivity index (χ1v) is 10.0. The topological polar surface area (TPSA) is 92.6 Å². The smallest absolute Gasteiger partial charge is 0.301 e. The van der Waals surface area contributed by atoms with Crippen molar-refractivity contribution in [2.75, 3.05) is 12.0 Å². The largest absolute Gasteiger partial charge is 0.507 e. The third-order valence-electron chi connectivity index (χ3n) is 4.92. The number of aliphatic hydroxyl groups excluding tert-OH is 1. The Morgan fingerprint density at radius 1 is 1.03 bits per heavy atom. The number of amides is 1. The van der Waals surface area contributed by atoms with Crippen LogP contribution in [0.3, 0.4) is 0 Å². The molecule has 3 aromatic rings. The predicted molar refractivity (Wildman–Crippen MR) is 114 cm³/mol. The fraction of sp³-hybridized carbons (Fsp3) is 0.182. The lowest BCUT2D eigenvalue weighted by Gasteiger charge is -2.22. The first-order valence-electron chi connectivity index (χ1n) is 9.23. The van der Waals surface area contributed by atoms with Crippen molar-refractivity contribution in [1.82, 2.24) is 10.2 Å². The lowest BCUT2D eigenvalue weighted by molar-refractivity contribution is -0.132. The number of ketones is 1. The standard InChI is InChI=1S/C22H19N3O4S/c1-12-4-6-14(7-5-12)18-17(19(26)15-8-10-16(29-3)11-9-15)20(27)21(28)25(18)22-24-23-13(2)30-22/h4-11,18,26H,1-3H3/t18-/m1/s1. The third kappa shape index (κ3) is 3.35. The van der Waals surface area contributed by atoms with Crippen LogP contribution in [0.2, 0.25) is 0 Å². The minimum absolute atomic E-state index is 0.0156. The maximum absolute atomic E-state index is 13.0. The summed E-state index contributed by atoms with van der Waals surface area (Å²) < 4.78 is 5.15. The van der Waals surface area contributed by atoms with Gasteiger partial charge in [0.2, 0.25) is 5.13 Å². The summed E-state index contributed by atoms with van der Waals surface area (Å²) in [5, 5.41) is 20.1. The number of aryl methyl sites for hydroxylation is 2. The number of anilines is 1. The highest BCUT2D eigenvalue weighted by Gasteiger charge is 2.48. The summed E-state index contributed by atoms with van der Waals surface area (Å²) in [6.07, 6.45) is 0. The van der Waals surface area contributed by atoms with Gasteiger partial charge in [0.05, 0.1) is 18.7 Å². The molecule has 0 radical (unpaired) electrons. The molecular formula is C22H19N3O4S. The first-order chi connectivity index (χ1) is 14.4. The van der Waals surface area contributed by atoms with Crippen LogP contribution in [0.1, 0.15) is 27.7 Å².